The first-order valence-corrected chi connectivity index (χ1v) is 18.1. The fourth-order valence-electron chi connectivity index (χ4n) is 8.49. The van der Waals surface area contributed by atoms with Gasteiger partial charge in [0.1, 0.15) is 11.5 Å². The Balaban J connectivity index is 1.24. The van der Waals surface area contributed by atoms with E-state index in [-0.39, 0.29) is 0 Å². The molecule has 3 heterocycles. The van der Waals surface area contributed by atoms with Gasteiger partial charge in [-0.15, -0.1) is 11.3 Å². The van der Waals surface area contributed by atoms with Crippen molar-refractivity contribution in [1.82, 2.24) is 9.97 Å². The smallest absolute Gasteiger partial charge is 0.160 e. The van der Waals surface area contributed by atoms with Gasteiger partial charge in [0.25, 0.3) is 0 Å². The van der Waals surface area contributed by atoms with E-state index in [1.165, 1.54) is 42.4 Å². The molecule has 4 heteroatoms. The Hall–Kier alpha value is -6.36. The molecule has 7 aromatic carbocycles. The molecule has 0 N–H and O–H groups in total. The van der Waals surface area contributed by atoms with Gasteiger partial charge in [0.15, 0.2) is 5.82 Å². The van der Waals surface area contributed by atoms with Gasteiger partial charge in [-0.1, -0.05) is 140 Å². The second kappa shape index (κ2) is 10.8. The summed E-state index contributed by atoms with van der Waals surface area (Å²) in [5.41, 5.74) is 11.4. The Morgan fingerprint density at radius 3 is 2.00 bits per heavy atom. The van der Waals surface area contributed by atoms with Crippen molar-refractivity contribution >= 4 is 31.5 Å². The average molecular weight is 669 g/mol. The molecular weight excluding hydrogens is 641 g/mol. The number of fused-ring (bicyclic) bond motifs is 13. The SMILES string of the molecule is c1ccc(-c2cc(-c3cccc4c3Oc3ccccc3C43c4ccccc4-c4c3ccc3sc5ccccc5c43)nc(-c3ccccc3)n2)cc1. The van der Waals surface area contributed by atoms with E-state index in [9.17, 15) is 0 Å². The van der Waals surface area contributed by atoms with Crippen molar-refractivity contribution in [3.63, 3.8) is 0 Å². The zero-order valence-electron chi connectivity index (χ0n) is 27.4. The fraction of sp³-hybridized carbons (Fsp3) is 0.0213. The van der Waals surface area contributed by atoms with Gasteiger partial charge < -0.3 is 4.74 Å². The third kappa shape index (κ3) is 3.99. The van der Waals surface area contributed by atoms with Crippen LogP contribution < -0.4 is 4.74 Å². The molecule has 238 valence electrons. The number of ether oxygens (including phenoxy) is 1. The lowest BCUT2D eigenvalue weighted by Gasteiger charge is -2.40. The predicted molar refractivity (Wildman–Crippen MR) is 209 cm³/mol. The normalized spacial score (nSPS) is 15.3. The van der Waals surface area contributed by atoms with Crippen LogP contribution in [0.4, 0.5) is 0 Å². The summed E-state index contributed by atoms with van der Waals surface area (Å²) in [5, 5.41) is 2.63. The van der Waals surface area contributed by atoms with Crippen LogP contribution in [0.5, 0.6) is 11.5 Å². The topological polar surface area (TPSA) is 35.0 Å². The van der Waals surface area contributed by atoms with Crippen LogP contribution in [0, 0.1) is 0 Å². The Bertz CT molecular complexity index is 2780. The Morgan fingerprint density at radius 2 is 1.14 bits per heavy atom. The molecule has 0 radical (unpaired) electrons. The lowest BCUT2D eigenvalue weighted by Crippen LogP contribution is -2.32. The van der Waals surface area contributed by atoms with Crippen LogP contribution in [-0.4, -0.2) is 9.97 Å². The largest absolute Gasteiger partial charge is 0.456 e. The lowest BCUT2D eigenvalue weighted by molar-refractivity contribution is 0.438. The number of hydrogen-bond donors (Lipinski definition) is 0. The summed E-state index contributed by atoms with van der Waals surface area (Å²) >= 11 is 1.87. The van der Waals surface area contributed by atoms with Gasteiger partial charge >= 0.3 is 0 Å². The third-order valence-electron chi connectivity index (χ3n) is 10.6. The highest BCUT2D eigenvalue weighted by Crippen LogP contribution is 2.64. The Morgan fingerprint density at radius 1 is 0.471 bits per heavy atom. The van der Waals surface area contributed by atoms with Crippen LogP contribution in [0.1, 0.15) is 22.3 Å². The van der Waals surface area contributed by atoms with Crippen molar-refractivity contribution in [2.75, 3.05) is 0 Å². The molecule has 2 aromatic heterocycles. The van der Waals surface area contributed by atoms with E-state index in [0.717, 1.165) is 50.7 Å². The van der Waals surface area contributed by atoms with Crippen LogP contribution in [0.3, 0.4) is 0 Å². The van der Waals surface area contributed by atoms with E-state index < -0.39 is 5.41 Å². The van der Waals surface area contributed by atoms with Gasteiger partial charge in [0, 0.05) is 48.0 Å². The third-order valence-corrected chi connectivity index (χ3v) is 11.7. The molecule has 1 atom stereocenters. The number of rotatable bonds is 3. The highest BCUT2D eigenvalue weighted by molar-refractivity contribution is 7.26. The second-order valence-electron chi connectivity index (χ2n) is 13.2. The summed E-state index contributed by atoms with van der Waals surface area (Å²) in [6.45, 7) is 0. The summed E-state index contributed by atoms with van der Waals surface area (Å²) in [6, 6.07) is 60.3. The van der Waals surface area contributed by atoms with Crippen LogP contribution in [0.25, 0.3) is 65.2 Å². The highest BCUT2D eigenvalue weighted by atomic mass is 32.1. The average Bonchev–Trinajstić information content (AvgIpc) is 3.72. The number of benzene rings is 7. The van der Waals surface area contributed by atoms with Crippen molar-refractivity contribution in [2.45, 2.75) is 5.41 Å². The summed E-state index contributed by atoms with van der Waals surface area (Å²) in [5.74, 6) is 2.36. The Kier molecular flexibility index (Phi) is 6.04. The molecule has 1 aliphatic carbocycles. The van der Waals surface area contributed by atoms with Gasteiger partial charge in [0.2, 0.25) is 0 Å². The number of aromatic nitrogens is 2. The van der Waals surface area contributed by atoms with E-state index in [1.807, 2.05) is 35.6 Å². The molecule has 1 unspecified atom stereocenters. The van der Waals surface area contributed by atoms with Crippen molar-refractivity contribution < 1.29 is 4.74 Å². The molecule has 2 aliphatic rings. The Labute approximate surface area is 299 Å². The summed E-state index contributed by atoms with van der Waals surface area (Å²) < 4.78 is 9.67. The minimum atomic E-state index is -0.596. The highest BCUT2D eigenvalue weighted by Gasteiger charge is 2.52. The maximum Gasteiger partial charge on any atom is 0.160 e. The first-order chi connectivity index (χ1) is 25.3. The molecular formula is C47H28N2OS. The molecule has 0 bridgehead atoms. The first kappa shape index (κ1) is 28.5. The lowest BCUT2D eigenvalue weighted by atomic mass is 9.65. The molecule has 9 aromatic rings. The van der Waals surface area contributed by atoms with Crippen LogP contribution in [0.2, 0.25) is 0 Å². The van der Waals surface area contributed by atoms with E-state index >= 15 is 0 Å². The maximum atomic E-state index is 7.06. The van der Waals surface area contributed by atoms with Gasteiger partial charge in [0.05, 0.1) is 16.8 Å². The summed E-state index contributed by atoms with van der Waals surface area (Å²) in [4.78, 5) is 10.3. The minimum absolute atomic E-state index is 0.596. The van der Waals surface area contributed by atoms with Gasteiger partial charge in [-0.2, -0.15) is 0 Å². The van der Waals surface area contributed by atoms with Gasteiger partial charge in [-0.05, 0) is 52.6 Å². The monoisotopic (exact) mass is 668 g/mol. The molecule has 3 nitrogen and oxygen atoms in total. The number of thiophene rings is 1. The summed E-state index contributed by atoms with van der Waals surface area (Å²) in [7, 11) is 0. The van der Waals surface area contributed by atoms with E-state index in [4.69, 9.17) is 14.7 Å². The fourth-order valence-corrected chi connectivity index (χ4v) is 9.60. The standard InChI is InChI=1S/C47H28N2OS/c1-3-14-29(15-4-1)38-28-39(49-46(48-38)30-16-5-2-6-17-30)32-20-13-23-37-45(32)50-40-24-11-10-22-35(40)47(37)34-21-9-7-18-31(34)43-36(47)26-27-42-44(43)33-19-8-12-25-41(33)51-42/h1-28H. The number of para-hydroxylation sites is 2. The molecule has 0 fully saturated rings. The molecule has 0 saturated heterocycles. The maximum absolute atomic E-state index is 7.06. The van der Waals surface area contributed by atoms with Gasteiger partial charge in [-0.3, -0.25) is 0 Å². The van der Waals surface area contributed by atoms with Crippen molar-refractivity contribution in [1.29, 1.82) is 0 Å². The zero-order chi connectivity index (χ0) is 33.5. The van der Waals surface area contributed by atoms with Crippen molar-refractivity contribution in [2.24, 2.45) is 0 Å². The molecule has 0 amide bonds. The van der Waals surface area contributed by atoms with Crippen LogP contribution in [0.15, 0.2) is 170 Å². The molecule has 51 heavy (non-hydrogen) atoms. The molecule has 1 aliphatic heterocycles. The first-order valence-electron chi connectivity index (χ1n) is 17.2. The van der Waals surface area contributed by atoms with E-state index in [0.29, 0.717) is 5.82 Å². The second-order valence-corrected chi connectivity index (χ2v) is 14.3. The minimum Gasteiger partial charge on any atom is -0.456 e. The van der Waals surface area contributed by atoms with Crippen molar-refractivity contribution in [3.8, 4) is 56.5 Å². The molecule has 1 spiro atoms. The summed E-state index contributed by atoms with van der Waals surface area (Å²) in [6.07, 6.45) is 0. The van der Waals surface area contributed by atoms with Crippen LogP contribution in [-0.2, 0) is 5.41 Å². The quantitative estimate of drug-likeness (QED) is 0.188. The van der Waals surface area contributed by atoms with Crippen molar-refractivity contribution in [3.05, 3.63) is 192 Å². The number of hydrogen-bond acceptors (Lipinski definition) is 4. The number of nitrogens with zero attached hydrogens (tertiary/aromatic N) is 2. The molecule has 11 rings (SSSR count). The molecule has 0 saturated carbocycles. The van der Waals surface area contributed by atoms with Gasteiger partial charge in [-0.25, -0.2) is 9.97 Å². The van der Waals surface area contributed by atoms with E-state index in [2.05, 4.69) is 146 Å². The van der Waals surface area contributed by atoms with E-state index in [1.54, 1.807) is 0 Å². The zero-order valence-corrected chi connectivity index (χ0v) is 28.2. The van der Waals surface area contributed by atoms with Crippen LogP contribution >= 0.6 is 11.3 Å². The predicted octanol–water partition coefficient (Wildman–Crippen LogP) is 12.3.